The van der Waals surface area contributed by atoms with E-state index in [0.717, 1.165) is 19.4 Å². The lowest BCUT2D eigenvalue weighted by Crippen LogP contribution is -2.51. The summed E-state index contributed by atoms with van der Waals surface area (Å²) in [6, 6.07) is 0. The maximum absolute atomic E-state index is 12.4. The van der Waals surface area contributed by atoms with Crippen LogP contribution in [0.4, 0.5) is 0 Å². The molecule has 0 unspecified atom stereocenters. The molecule has 19 heavy (non-hydrogen) atoms. The molecular weight excluding hydrogens is 290 g/mol. The van der Waals surface area contributed by atoms with Crippen LogP contribution in [-0.4, -0.2) is 70.0 Å². The number of ether oxygens (including phenoxy) is 1. The molecule has 0 aromatic heterocycles. The number of nitrogens with zero attached hydrogens (tertiary/aromatic N) is 2. The number of hydrogen-bond acceptors (Lipinski definition) is 4. The Morgan fingerprint density at radius 1 is 1.11 bits per heavy atom. The van der Waals surface area contributed by atoms with Crippen molar-refractivity contribution in [2.75, 3.05) is 53.0 Å². The van der Waals surface area contributed by atoms with E-state index in [2.05, 4.69) is 5.32 Å². The number of nitrogens with one attached hydrogen (secondary N) is 1. The third-order valence-electron chi connectivity index (χ3n) is 3.69. The molecule has 114 valence electrons. The molecule has 0 amide bonds. The van der Waals surface area contributed by atoms with Crippen LogP contribution in [0.3, 0.4) is 0 Å². The Hall–Kier alpha value is 0.0800. The van der Waals surface area contributed by atoms with Crippen LogP contribution in [0.5, 0.6) is 0 Å². The van der Waals surface area contributed by atoms with E-state index in [0.29, 0.717) is 45.3 Å². The Morgan fingerprint density at radius 3 is 2.16 bits per heavy atom. The van der Waals surface area contributed by atoms with Gasteiger partial charge in [-0.25, -0.2) is 0 Å². The van der Waals surface area contributed by atoms with E-state index in [1.165, 1.54) is 0 Å². The van der Waals surface area contributed by atoms with Gasteiger partial charge >= 0.3 is 0 Å². The number of rotatable bonds is 4. The summed E-state index contributed by atoms with van der Waals surface area (Å²) in [5, 5.41) is 3.16. The summed E-state index contributed by atoms with van der Waals surface area (Å²) in [6.07, 6.45) is 1.90. The summed E-state index contributed by atoms with van der Waals surface area (Å²) in [7, 11) is -1.32. The predicted molar refractivity (Wildman–Crippen MR) is 76.8 cm³/mol. The van der Waals surface area contributed by atoms with Crippen molar-refractivity contribution in [3.63, 3.8) is 0 Å². The highest BCUT2D eigenvalue weighted by atomic mass is 35.5. The molecule has 8 heteroatoms. The Balaban J connectivity index is 0.00000180. The quantitative estimate of drug-likeness (QED) is 0.788. The fourth-order valence-electron chi connectivity index (χ4n) is 2.57. The molecule has 2 rings (SSSR count). The highest BCUT2D eigenvalue weighted by Crippen LogP contribution is 2.21. The van der Waals surface area contributed by atoms with Gasteiger partial charge in [0.2, 0.25) is 0 Å². The van der Waals surface area contributed by atoms with Crippen molar-refractivity contribution >= 4 is 22.6 Å². The normalized spacial score (nSPS) is 24.1. The van der Waals surface area contributed by atoms with Gasteiger partial charge < -0.3 is 10.1 Å². The SMILES string of the molecule is CNCC1CCN(S(=O)(=O)N2CCOCC2)CC1.Cl. The Labute approximate surface area is 122 Å². The minimum atomic E-state index is -3.26. The molecule has 2 aliphatic rings. The largest absolute Gasteiger partial charge is 0.379 e. The van der Waals surface area contributed by atoms with E-state index in [-0.39, 0.29) is 12.4 Å². The lowest BCUT2D eigenvalue weighted by atomic mass is 9.98. The van der Waals surface area contributed by atoms with Gasteiger partial charge in [-0.15, -0.1) is 12.4 Å². The molecule has 0 atom stereocenters. The zero-order valence-electron chi connectivity index (χ0n) is 11.4. The summed E-state index contributed by atoms with van der Waals surface area (Å²) < 4.78 is 33.1. The molecule has 2 aliphatic heterocycles. The molecule has 0 aromatic carbocycles. The van der Waals surface area contributed by atoms with E-state index >= 15 is 0 Å². The van der Waals surface area contributed by atoms with Crippen LogP contribution in [0, 0.1) is 5.92 Å². The van der Waals surface area contributed by atoms with Crippen LogP contribution in [0.1, 0.15) is 12.8 Å². The predicted octanol–water partition coefficient (Wildman–Crippen LogP) is -0.0834. The second kappa shape index (κ2) is 7.75. The molecule has 1 N–H and O–H groups in total. The third kappa shape index (κ3) is 4.27. The van der Waals surface area contributed by atoms with Crippen molar-refractivity contribution in [3.8, 4) is 0 Å². The van der Waals surface area contributed by atoms with Crippen molar-refractivity contribution in [1.82, 2.24) is 13.9 Å². The Kier molecular flexibility index (Phi) is 6.99. The zero-order valence-corrected chi connectivity index (χ0v) is 13.0. The second-order valence-electron chi connectivity index (χ2n) is 4.92. The monoisotopic (exact) mass is 313 g/mol. The molecule has 0 aliphatic carbocycles. The van der Waals surface area contributed by atoms with Crippen molar-refractivity contribution in [3.05, 3.63) is 0 Å². The van der Waals surface area contributed by atoms with E-state index < -0.39 is 10.2 Å². The van der Waals surface area contributed by atoms with Crippen molar-refractivity contribution in [2.45, 2.75) is 12.8 Å². The zero-order chi connectivity index (χ0) is 13.0. The van der Waals surface area contributed by atoms with Gasteiger partial charge in [0, 0.05) is 26.2 Å². The number of hydrogen-bond donors (Lipinski definition) is 1. The van der Waals surface area contributed by atoms with Crippen LogP contribution >= 0.6 is 12.4 Å². The second-order valence-corrected chi connectivity index (χ2v) is 6.85. The fraction of sp³-hybridized carbons (Fsp3) is 1.00. The minimum Gasteiger partial charge on any atom is -0.379 e. The molecule has 0 saturated carbocycles. The van der Waals surface area contributed by atoms with Crippen LogP contribution in [-0.2, 0) is 14.9 Å². The van der Waals surface area contributed by atoms with Gasteiger partial charge in [0.1, 0.15) is 0 Å². The molecule has 0 bridgehead atoms. The van der Waals surface area contributed by atoms with E-state index in [4.69, 9.17) is 4.74 Å². The van der Waals surface area contributed by atoms with Gasteiger partial charge in [0.25, 0.3) is 10.2 Å². The van der Waals surface area contributed by atoms with Crippen molar-refractivity contribution in [1.29, 1.82) is 0 Å². The molecule has 2 heterocycles. The summed E-state index contributed by atoms with van der Waals surface area (Å²) in [5.41, 5.74) is 0. The number of morpholine rings is 1. The third-order valence-corrected chi connectivity index (χ3v) is 5.72. The Morgan fingerprint density at radius 2 is 1.63 bits per heavy atom. The minimum absolute atomic E-state index is 0. The first-order valence-electron chi connectivity index (χ1n) is 6.62. The molecule has 0 radical (unpaired) electrons. The lowest BCUT2D eigenvalue weighted by molar-refractivity contribution is 0.0693. The summed E-state index contributed by atoms with van der Waals surface area (Å²) in [6.45, 7) is 4.26. The summed E-state index contributed by atoms with van der Waals surface area (Å²) in [4.78, 5) is 0. The van der Waals surface area contributed by atoms with Crippen LogP contribution in [0.25, 0.3) is 0 Å². The highest BCUT2D eigenvalue weighted by molar-refractivity contribution is 7.86. The van der Waals surface area contributed by atoms with Gasteiger partial charge in [0.15, 0.2) is 0 Å². The number of halogens is 1. The summed E-state index contributed by atoms with van der Waals surface area (Å²) in [5.74, 6) is 0.603. The van der Waals surface area contributed by atoms with Gasteiger partial charge in [0.05, 0.1) is 13.2 Å². The van der Waals surface area contributed by atoms with Gasteiger partial charge in [-0.3, -0.25) is 0 Å². The molecule has 2 fully saturated rings. The molecule has 0 aromatic rings. The Bertz CT molecular complexity index is 352. The first kappa shape index (κ1) is 17.1. The molecular formula is C11H24ClN3O3S. The molecule has 6 nitrogen and oxygen atoms in total. The average molecular weight is 314 g/mol. The first-order chi connectivity index (χ1) is 8.64. The highest BCUT2D eigenvalue weighted by Gasteiger charge is 2.33. The lowest BCUT2D eigenvalue weighted by Gasteiger charge is -2.36. The van der Waals surface area contributed by atoms with Gasteiger partial charge in [-0.1, -0.05) is 0 Å². The van der Waals surface area contributed by atoms with Crippen LogP contribution < -0.4 is 5.32 Å². The van der Waals surface area contributed by atoms with E-state index in [9.17, 15) is 8.42 Å². The van der Waals surface area contributed by atoms with Crippen molar-refractivity contribution in [2.24, 2.45) is 5.92 Å². The van der Waals surface area contributed by atoms with E-state index in [1.807, 2.05) is 7.05 Å². The molecule has 2 saturated heterocycles. The van der Waals surface area contributed by atoms with Gasteiger partial charge in [-0.2, -0.15) is 17.0 Å². The number of piperidine rings is 1. The first-order valence-corrected chi connectivity index (χ1v) is 8.02. The standard InChI is InChI=1S/C11H23N3O3S.ClH/c1-12-10-11-2-4-13(5-3-11)18(15,16)14-6-8-17-9-7-14;/h11-12H,2-10H2,1H3;1H. The maximum Gasteiger partial charge on any atom is 0.282 e. The molecule has 0 spiro atoms. The smallest absolute Gasteiger partial charge is 0.282 e. The summed E-state index contributed by atoms with van der Waals surface area (Å²) >= 11 is 0. The fourth-order valence-corrected chi connectivity index (χ4v) is 4.18. The average Bonchev–Trinajstić information content (AvgIpc) is 2.41. The van der Waals surface area contributed by atoms with E-state index in [1.54, 1.807) is 8.61 Å². The van der Waals surface area contributed by atoms with Crippen LogP contribution in [0.15, 0.2) is 0 Å². The van der Waals surface area contributed by atoms with Crippen molar-refractivity contribution < 1.29 is 13.2 Å². The maximum atomic E-state index is 12.4. The topological polar surface area (TPSA) is 61.9 Å². The van der Waals surface area contributed by atoms with Gasteiger partial charge in [-0.05, 0) is 32.4 Å². The van der Waals surface area contributed by atoms with Crippen LogP contribution in [0.2, 0.25) is 0 Å².